The van der Waals surface area contributed by atoms with Crippen molar-refractivity contribution in [3.8, 4) is 0 Å². The number of ketones is 1. The van der Waals surface area contributed by atoms with E-state index in [1.54, 1.807) is 17.0 Å². The summed E-state index contributed by atoms with van der Waals surface area (Å²) in [6.45, 7) is 1.57. The maximum Gasteiger partial charge on any atom is 0.223 e. The molecular formula is C20H24N2O2. The minimum Gasteiger partial charge on any atom is -0.341 e. The number of nitrogens with zero attached hydrogens (tertiary/aromatic N) is 1. The summed E-state index contributed by atoms with van der Waals surface area (Å²) in [7, 11) is 0. The van der Waals surface area contributed by atoms with Crippen LogP contribution < -0.4 is 5.73 Å². The van der Waals surface area contributed by atoms with Gasteiger partial charge in [-0.3, -0.25) is 9.59 Å². The molecule has 0 aliphatic rings. The molecule has 0 radical (unpaired) electrons. The Balaban J connectivity index is 1.85. The van der Waals surface area contributed by atoms with Gasteiger partial charge in [0.2, 0.25) is 5.91 Å². The van der Waals surface area contributed by atoms with Crippen LogP contribution in [0.4, 0.5) is 0 Å². The lowest BCUT2D eigenvalue weighted by atomic mass is 10.1. The molecule has 4 nitrogen and oxygen atoms in total. The SMILES string of the molecule is NCCN(CCc1ccccc1)C(=O)CCC(=O)c1ccccc1. The predicted molar refractivity (Wildman–Crippen MR) is 95.8 cm³/mol. The summed E-state index contributed by atoms with van der Waals surface area (Å²) in [5.74, 6) is -0.0135. The first-order valence-electron chi connectivity index (χ1n) is 8.30. The van der Waals surface area contributed by atoms with E-state index in [9.17, 15) is 9.59 Å². The minimum atomic E-state index is -0.0133. The van der Waals surface area contributed by atoms with E-state index >= 15 is 0 Å². The number of rotatable bonds is 9. The Labute approximate surface area is 143 Å². The number of amides is 1. The van der Waals surface area contributed by atoms with Crippen LogP contribution in [0.25, 0.3) is 0 Å². The second kappa shape index (κ2) is 9.63. The van der Waals surface area contributed by atoms with Gasteiger partial charge in [-0.1, -0.05) is 60.7 Å². The summed E-state index contributed by atoms with van der Waals surface area (Å²) in [5.41, 5.74) is 7.46. The summed E-state index contributed by atoms with van der Waals surface area (Å²) in [6, 6.07) is 19.1. The smallest absolute Gasteiger partial charge is 0.223 e. The summed E-state index contributed by atoms with van der Waals surface area (Å²) < 4.78 is 0. The van der Waals surface area contributed by atoms with E-state index in [-0.39, 0.29) is 24.5 Å². The summed E-state index contributed by atoms with van der Waals surface area (Å²) in [4.78, 5) is 26.3. The van der Waals surface area contributed by atoms with E-state index in [1.807, 2.05) is 48.5 Å². The Morgan fingerprint density at radius 2 is 1.46 bits per heavy atom. The first-order valence-corrected chi connectivity index (χ1v) is 8.30. The molecule has 1 amide bonds. The maximum absolute atomic E-state index is 12.4. The van der Waals surface area contributed by atoms with E-state index in [0.717, 1.165) is 6.42 Å². The molecule has 126 valence electrons. The molecule has 0 saturated carbocycles. The Bertz CT molecular complexity index is 641. The van der Waals surface area contributed by atoms with Crippen molar-refractivity contribution in [2.75, 3.05) is 19.6 Å². The second-order valence-corrected chi connectivity index (χ2v) is 5.69. The van der Waals surface area contributed by atoms with Crippen molar-refractivity contribution < 1.29 is 9.59 Å². The Kier molecular flexibility index (Phi) is 7.18. The molecule has 0 aromatic heterocycles. The molecule has 2 aromatic carbocycles. The number of carbonyl (C=O) groups excluding carboxylic acids is 2. The molecule has 2 rings (SSSR count). The van der Waals surface area contributed by atoms with Crippen molar-refractivity contribution in [3.05, 3.63) is 71.8 Å². The van der Waals surface area contributed by atoms with Gasteiger partial charge >= 0.3 is 0 Å². The van der Waals surface area contributed by atoms with Gasteiger partial charge in [0.1, 0.15) is 0 Å². The molecule has 0 unspecified atom stereocenters. The lowest BCUT2D eigenvalue weighted by Crippen LogP contribution is -2.37. The topological polar surface area (TPSA) is 63.4 Å². The zero-order valence-electron chi connectivity index (χ0n) is 13.9. The number of nitrogens with two attached hydrogens (primary N) is 1. The minimum absolute atomic E-state index is 0.000271. The van der Waals surface area contributed by atoms with Gasteiger partial charge < -0.3 is 10.6 Å². The third-order valence-electron chi connectivity index (χ3n) is 3.93. The Hall–Kier alpha value is -2.46. The van der Waals surface area contributed by atoms with Crippen LogP contribution in [-0.2, 0) is 11.2 Å². The molecule has 0 aliphatic carbocycles. The summed E-state index contributed by atoms with van der Waals surface area (Å²) >= 11 is 0. The van der Waals surface area contributed by atoms with Gasteiger partial charge in [-0.2, -0.15) is 0 Å². The molecule has 0 bridgehead atoms. The van der Waals surface area contributed by atoms with Crippen molar-refractivity contribution in [1.29, 1.82) is 0 Å². The van der Waals surface area contributed by atoms with Crippen molar-refractivity contribution in [2.24, 2.45) is 5.73 Å². The molecule has 4 heteroatoms. The van der Waals surface area contributed by atoms with Crippen LogP contribution in [0, 0.1) is 0 Å². The summed E-state index contributed by atoms with van der Waals surface area (Å²) in [5, 5.41) is 0. The Morgan fingerprint density at radius 3 is 2.08 bits per heavy atom. The van der Waals surface area contributed by atoms with Gasteiger partial charge in [0.05, 0.1) is 0 Å². The van der Waals surface area contributed by atoms with E-state index in [0.29, 0.717) is 25.2 Å². The first-order chi connectivity index (χ1) is 11.7. The highest BCUT2D eigenvalue weighted by Gasteiger charge is 2.15. The van der Waals surface area contributed by atoms with Crippen LogP contribution in [0.15, 0.2) is 60.7 Å². The highest BCUT2D eigenvalue weighted by Crippen LogP contribution is 2.08. The van der Waals surface area contributed by atoms with Gasteiger partial charge in [0.25, 0.3) is 0 Å². The number of hydrogen-bond donors (Lipinski definition) is 1. The van der Waals surface area contributed by atoms with Crippen molar-refractivity contribution in [1.82, 2.24) is 4.90 Å². The standard InChI is InChI=1S/C20H24N2O2/c21-14-16-22(15-13-17-7-3-1-4-8-17)20(24)12-11-19(23)18-9-5-2-6-10-18/h1-10H,11-16,21H2. The van der Waals surface area contributed by atoms with Gasteiger partial charge in [-0.05, 0) is 12.0 Å². The highest BCUT2D eigenvalue weighted by atomic mass is 16.2. The van der Waals surface area contributed by atoms with Crippen LogP contribution in [0.3, 0.4) is 0 Å². The predicted octanol–water partition coefficient (Wildman–Crippen LogP) is 2.68. The normalized spacial score (nSPS) is 10.4. The molecule has 2 N–H and O–H groups in total. The van der Waals surface area contributed by atoms with Crippen LogP contribution in [0.2, 0.25) is 0 Å². The average molecular weight is 324 g/mol. The maximum atomic E-state index is 12.4. The van der Waals surface area contributed by atoms with Crippen LogP contribution in [0.1, 0.15) is 28.8 Å². The molecule has 0 aliphatic heterocycles. The average Bonchev–Trinajstić information content (AvgIpc) is 2.64. The monoisotopic (exact) mass is 324 g/mol. The lowest BCUT2D eigenvalue weighted by Gasteiger charge is -2.22. The van der Waals surface area contributed by atoms with Gasteiger partial charge in [-0.15, -0.1) is 0 Å². The zero-order chi connectivity index (χ0) is 17.2. The van der Waals surface area contributed by atoms with Crippen molar-refractivity contribution in [3.63, 3.8) is 0 Å². The van der Waals surface area contributed by atoms with E-state index in [2.05, 4.69) is 0 Å². The fourth-order valence-electron chi connectivity index (χ4n) is 2.57. The molecular weight excluding hydrogens is 300 g/mol. The fourth-order valence-corrected chi connectivity index (χ4v) is 2.57. The molecule has 2 aromatic rings. The molecule has 0 fully saturated rings. The number of carbonyl (C=O) groups is 2. The molecule has 0 spiro atoms. The number of hydrogen-bond acceptors (Lipinski definition) is 3. The van der Waals surface area contributed by atoms with E-state index in [4.69, 9.17) is 5.73 Å². The quantitative estimate of drug-likeness (QED) is 0.721. The summed E-state index contributed by atoms with van der Waals surface area (Å²) in [6.07, 6.45) is 1.25. The fraction of sp³-hybridized carbons (Fsp3) is 0.300. The van der Waals surface area contributed by atoms with Crippen LogP contribution >= 0.6 is 0 Å². The van der Waals surface area contributed by atoms with Crippen molar-refractivity contribution >= 4 is 11.7 Å². The van der Waals surface area contributed by atoms with Gasteiger partial charge in [0, 0.05) is 38.0 Å². The van der Waals surface area contributed by atoms with Gasteiger partial charge in [0.15, 0.2) is 5.78 Å². The first kappa shape index (κ1) is 17.9. The van der Waals surface area contributed by atoms with Crippen LogP contribution in [-0.4, -0.2) is 36.2 Å². The zero-order valence-corrected chi connectivity index (χ0v) is 13.9. The molecule has 0 atom stereocenters. The third kappa shape index (κ3) is 5.63. The third-order valence-corrected chi connectivity index (χ3v) is 3.93. The molecule has 0 heterocycles. The number of benzene rings is 2. The number of Topliss-reactive ketones (excluding diaryl/α,β-unsaturated/α-hetero) is 1. The second-order valence-electron chi connectivity index (χ2n) is 5.69. The van der Waals surface area contributed by atoms with Gasteiger partial charge in [-0.25, -0.2) is 0 Å². The van der Waals surface area contributed by atoms with Crippen molar-refractivity contribution in [2.45, 2.75) is 19.3 Å². The largest absolute Gasteiger partial charge is 0.341 e. The Morgan fingerprint density at radius 1 is 0.833 bits per heavy atom. The van der Waals surface area contributed by atoms with E-state index in [1.165, 1.54) is 5.56 Å². The molecule has 24 heavy (non-hydrogen) atoms. The lowest BCUT2D eigenvalue weighted by molar-refractivity contribution is -0.131. The highest BCUT2D eigenvalue weighted by molar-refractivity contribution is 5.97. The van der Waals surface area contributed by atoms with Crippen LogP contribution in [0.5, 0.6) is 0 Å². The van der Waals surface area contributed by atoms with E-state index < -0.39 is 0 Å². The molecule has 0 saturated heterocycles.